The number of hydrogen-bond acceptors (Lipinski definition) is 3. The van der Waals surface area contributed by atoms with Gasteiger partial charge in [0.25, 0.3) is 5.91 Å². The summed E-state index contributed by atoms with van der Waals surface area (Å²) < 4.78 is 1.86. The molecule has 0 aliphatic heterocycles. The summed E-state index contributed by atoms with van der Waals surface area (Å²) in [4.78, 5) is 17.5. The first-order chi connectivity index (χ1) is 14.3. The molecular formula is C24H18N4O. The molecule has 2 heterocycles. The van der Waals surface area contributed by atoms with Crippen LogP contribution >= 0.6 is 0 Å². The topological polar surface area (TPSA) is 59.8 Å². The van der Waals surface area contributed by atoms with Gasteiger partial charge in [-0.1, -0.05) is 42.5 Å². The molecule has 0 aliphatic rings. The van der Waals surface area contributed by atoms with E-state index in [2.05, 4.69) is 21.5 Å². The van der Waals surface area contributed by atoms with Gasteiger partial charge < -0.3 is 5.32 Å². The van der Waals surface area contributed by atoms with Crippen LogP contribution < -0.4 is 5.32 Å². The average Bonchev–Trinajstić information content (AvgIpc) is 3.27. The lowest BCUT2D eigenvalue weighted by Crippen LogP contribution is -2.13. The van der Waals surface area contributed by atoms with Crippen LogP contribution in [0.2, 0.25) is 0 Å². The third-order valence-corrected chi connectivity index (χ3v) is 4.97. The molecular weight excluding hydrogens is 360 g/mol. The summed E-state index contributed by atoms with van der Waals surface area (Å²) in [5.41, 5.74) is 3.14. The second-order valence-electron chi connectivity index (χ2n) is 6.90. The van der Waals surface area contributed by atoms with Crippen molar-refractivity contribution < 1.29 is 4.79 Å². The smallest absolute Gasteiger partial charge is 0.257 e. The molecule has 0 spiro atoms. The summed E-state index contributed by atoms with van der Waals surface area (Å²) in [5, 5.41) is 10.3. The minimum absolute atomic E-state index is 0.167. The molecule has 0 aliphatic carbocycles. The Kier molecular flexibility index (Phi) is 4.26. The summed E-state index contributed by atoms with van der Waals surface area (Å²) in [6.07, 6.45) is 5.40. The lowest BCUT2D eigenvalue weighted by molar-refractivity contribution is 0.102. The van der Waals surface area contributed by atoms with E-state index in [0.29, 0.717) is 17.6 Å². The van der Waals surface area contributed by atoms with Gasteiger partial charge in [-0.05, 0) is 46.7 Å². The number of benzene rings is 3. The molecule has 2 aromatic heterocycles. The van der Waals surface area contributed by atoms with Gasteiger partial charge in [0.05, 0.1) is 17.6 Å². The van der Waals surface area contributed by atoms with Gasteiger partial charge in [-0.2, -0.15) is 5.10 Å². The van der Waals surface area contributed by atoms with Crippen LogP contribution in [0.4, 0.5) is 5.69 Å². The predicted molar refractivity (Wildman–Crippen MR) is 115 cm³/mol. The van der Waals surface area contributed by atoms with Gasteiger partial charge in [0.1, 0.15) is 0 Å². The molecule has 5 aromatic rings. The van der Waals surface area contributed by atoms with Crippen molar-refractivity contribution in [2.24, 2.45) is 0 Å². The van der Waals surface area contributed by atoms with Crippen molar-refractivity contribution in [2.75, 3.05) is 5.32 Å². The van der Waals surface area contributed by atoms with E-state index in [-0.39, 0.29) is 5.91 Å². The number of hydrogen-bond donors (Lipinski definition) is 1. The number of fused-ring (bicyclic) bond motifs is 3. The summed E-state index contributed by atoms with van der Waals surface area (Å²) in [6.45, 7) is 0.695. The molecule has 0 fully saturated rings. The molecule has 0 radical (unpaired) electrons. The molecule has 0 atom stereocenters. The third-order valence-electron chi connectivity index (χ3n) is 4.97. The highest BCUT2D eigenvalue weighted by molar-refractivity contribution is 6.18. The van der Waals surface area contributed by atoms with E-state index in [0.717, 1.165) is 27.4 Å². The van der Waals surface area contributed by atoms with Crippen LogP contribution in [0.5, 0.6) is 0 Å². The number of nitrogens with zero attached hydrogens (tertiary/aromatic N) is 3. The molecule has 0 unspecified atom stereocenters. The number of anilines is 1. The van der Waals surface area contributed by atoms with Crippen molar-refractivity contribution >= 4 is 33.3 Å². The van der Waals surface area contributed by atoms with Crippen molar-refractivity contribution in [1.29, 1.82) is 0 Å². The molecule has 140 valence electrons. The van der Waals surface area contributed by atoms with Gasteiger partial charge in [-0.25, -0.2) is 0 Å². The van der Waals surface area contributed by atoms with Gasteiger partial charge in [0, 0.05) is 29.7 Å². The minimum atomic E-state index is -0.167. The van der Waals surface area contributed by atoms with Crippen molar-refractivity contribution in [3.63, 3.8) is 0 Å². The van der Waals surface area contributed by atoms with E-state index >= 15 is 0 Å². The molecule has 5 heteroatoms. The van der Waals surface area contributed by atoms with Crippen LogP contribution in [0.25, 0.3) is 21.7 Å². The molecule has 1 N–H and O–H groups in total. The van der Waals surface area contributed by atoms with Crippen LogP contribution in [-0.4, -0.2) is 20.7 Å². The van der Waals surface area contributed by atoms with Crippen LogP contribution in [-0.2, 0) is 6.54 Å². The Morgan fingerprint density at radius 1 is 0.897 bits per heavy atom. The number of carbonyl (C=O) groups is 1. The predicted octanol–water partition coefficient (Wildman–Crippen LogP) is 4.89. The van der Waals surface area contributed by atoms with Gasteiger partial charge in [0.2, 0.25) is 0 Å². The Bertz CT molecular complexity index is 1310. The van der Waals surface area contributed by atoms with Crippen molar-refractivity contribution in [1.82, 2.24) is 14.8 Å². The molecule has 0 saturated heterocycles. The Balaban J connectivity index is 1.45. The fourth-order valence-electron chi connectivity index (χ4n) is 3.58. The SMILES string of the molecule is O=C(Nc1ccc(Cn2cccn2)cc1)c1cc2ccccc2c2cccnc12. The first kappa shape index (κ1) is 17.1. The second kappa shape index (κ2) is 7.20. The van der Waals surface area contributed by atoms with Crippen molar-refractivity contribution in [3.05, 3.63) is 103 Å². The highest BCUT2D eigenvalue weighted by atomic mass is 16.1. The summed E-state index contributed by atoms with van der Waals surface area (Å²) >= 11 is 0. The Morgan fingerprint density at radius 3 is 2.55 bits per heavy atom. The van der Waals surface area contributed by atoms with E-state index in [1.165, 1.54) is 0 Å². The fourth-order valence-corrected chi connectivity index (χ4v) is 3.58. The number of pyridine rings is 1. The van der Waals surface area contributed by atoms with E-state index in [1.807, 2.05) is 77.6 Å². The highest BCUT2D eigenvalue weighted by Crippen LogP contribution is 2.27. The zero-order valence-corrected chi connectivity index (χ0v) is 15.6. The van der Waals surface area contributed by atoms with E-state index in [9.17, 15) is 4.79 Å². The molecule has 0 bridgehead atoms. The van der Waals surface area contributed by atoms with Crippen molar-refractivity contribution in [2.45, 2.75) is 6.54 Å². The number of carbonyl (C=O) groups excluding carboxylic acids is 1. The Morgan fingerprint density at radius 2 is 1.72 bits per heavy atom. The summed E-state index contributed by atoms with van der Waals surface area (Å²) in [5.74, 6) is -0.167. The van der Waals surface area contributed by atoms with Gasteiger partial charge in [0.15, 0.2) is 0 Å². The zero-order chi connectivity index (χ0) is 19.6. The second-order valence-corrected chi connectivity index (χ2v) is 6.90. The quantitative estimate of drug-likeness (QED) is 0.453. The molecule has 3 aromatic carbocycles. The Labute approximate surface area is 167 Å². The molecule has 0 saturated carbocycles. The van der Waals surface area contributed by atoms with E-state index in [4.69, 9.17) is 0 Å². The van der Waals surface area contributed by atoms with E-state index in [1.54, 1.807) is 12.4 Å². The molecule has 1 amide bonds. The molecule has 5 rings (SSSR count). The average molecular weight is 378 g/mol. The van der Waals surface area contributed by atoms with Crippen LogP contribution in [0.3, 0.4) is 0 Å². The third kappa shape index (κ3) is 3.34. The van der Waals surface area contributed by atoms with Gasteiger partial charge >= 0.3 is 0 Å². The standard InChI is InChI=1S/C24H18N4O/c29-24(27-19-10-8-17(9-11-19)16-28-14-4-13-26-28)22-15-18-5-1-2-6-20(18)21-7-3-12-25-23(21)22/h1-15H,16H2,(H,27,29). The van der Waals surface area contributed by atoms with E-state index < -0.39 is 0 Å². The monoisotopic (exact) mass is 378 g/mol. The lowest BCUT2D eigenvalue weighted by Gasteiger charge is -2.11. The minimum Gasteiger partial charge on any atom is -0.322 e. The number of aromatic nitrogens is 3. The maximum Gasteiger partial charge on any atom is 0.257 e. The fraction of sp³-hybridized carbons (Fsp3) is 0.0417. The van der Waals surface area contributed by atoms with Crippen LogP contribution in [0, 0.1) is 0 Å². The lowest BCUT2D eigenvalue weighted by atomic mass is 10.0. The largest absolute Gasteiger partial charge is 0.322 e. The summed E-state index contributed by atoms with van der Waals surface area (Å²) in [6, 6.07) is 23.6. The first-order valence-electron chi connectivity index (χ1n) is 9.42. The Hall–Kier alpha value is -3.99. The van der Waals surface area contributed by atoms with Crippen molar-refractivity contribution in [3.8, 4) is 0 Å². The van der Waals surface area contributed by atoms with Crippen LogP contribution in [0.1, 0.15) is 15.9 Å². The molecule has 29 heavy (non-hydrogen) atoms. The van der Waals surface area contributed by atoms with Gasteiger partial charge in [-0.15, -0.1) is 0 Å². The maximum absolute atomic E-state index is 13.0. The van der Waals surface area contributed by atoms with Crippen LogP contribution in [0.15, 0.2) is 91.4 Å². The normalized spacial score (nSPS) is 11.0. The maximum atomic E-state index is 13.0. The number of rotatable bonds is 4. The number of amides is 1. The van der Waals surface area contributed by atoms with Gasteiger partial charge in [-0.3, -0.25) is 14.5 Å². The zero-order valence-electron chi connectivity index (χ0n) is 15.6. The first-order valence-corrected chi connectivity index (χ1v) is 9.42. The number of nitrogens with one attached hydrogen (secondary N) is 1. The molecule has 5 nitrogen and oxygen atoms in total. The highest BCUT2D eigenvalue weighted by Gasteiger charge is 2.14. The summed E-state index contributed by atoms with van der Waals surface area (Å²) in [7, 11) is 0.